The number of anilines is 1. The number of pyridine rings is 1. The molecular weight excluding hydrogens is 402 g/mol. The molecule has 1 aromatic carbocycles. The van der Waals surface area contributed by atoms with Crippen LogP contribution in [0.2, 0.25) is 0 Å². The molecular formula is C20H17F4N5O. The molecule has 156 valence electrons. The summed E-state index contributed by atoms with van der Waals surface area (Å²) in [7, 11) is 0. The second-order valence-electron chi connectivity index (χ2n) is 6.85. The van der Waals surface area contributed by atoms with Gasteiger partial charge in [0, 0.05) is 37.9 Å². The molecule has 0 aliphatic carbocycles. The molecule has 2 aromatic heterocycles. The van der Waals surface area contributed by atoms with Crippen molar-refractivity contribution in [1.29, 1.82) is 0 Å². The van der Waals surface area contributed by atoms with E-state index in [0.29, 0.717) is 48.8 Å². The van der Waals surface area contributed by atoms with Crippen LogP contribution in [0, 0.1) is 5.82 Å². The van der Waals surface area contributed by atoms with E-state index in [1.807, 2.05) is 4.90 Å². The van der Waals surface area contributed by atoms with Crippen molar-refractivity contribution in [1.82, 2.24) is 20.1 Å². The van der Waals surface area contributed by atoms with E-state index in [9.17, 15) is 22.4 Å². The van der Waals surface area contributed by atoms with Gasteiger partial charge in [0.2, 0.25) is 0 Å². The average Bonchev–Trinajstić information content (AvgIpc) is 3.23. The first-order valence-electron chi connectivity index (χ1n) is 9.20. The molecule has 0 radical (unpaired) electrons. The summed E-state index contributed by atoms with van der Waals surface area (Å²) in [6.07, 6.45) is -2.18. The van der Waals surface area contributed by atoms with Crippen LogP contribution < -0.4 is 4.90 Å². The van der Waals surface area contributed by atoms with Crippen molar-refractivity contribution in [3.05, 3.63) is 65.7 Å². The number of amides is 1. The number of aromatic nitrogens is 3. The van der Waals surface area contributed by atoms with Crippen molar-refractivity contribution in [3.8, 4) is 11.3 Å². The Morgan fingerprint density at radius 3 is 2.27 bits per heavy atom. The maximum atomic E-state index is 13.2. The second-order valence-corrected chi connectivity index (χ2v) is 6.85. The van der Waals surface area contributed by atoms with Crippen molar-refractivity contribution in [3.63, 3.8) is 0 Å². The number of nitrogens with one attached hydrogen (secondary N) is 1. The smallest absolute Gasteiger partial charge is 0.353 e. The molecule has 3 heterocycles. The summed E-state index contributed by atoms with van der Waals surface area (Å²) >= 11 is 0. The first kappa shape index (κ1) is 19.9. The molecule has 0 spiro atoms. The topological polar surface area (TPSA) is 65.1 Å². The van der Waals surface area contributed by atoms with Gasteiger partial charge in [-0.2, -0.15) is 18.3 Å². The van der Waals surface area contributed by atoms with E-state index in [-0.39, 0.29) is 11.7 Å². The lowest BCUT2D eigenvalue weighted by Gasteiger charge is -2.35. The third kappa shape index (κ3) is 3.98. The van der Waals surface area contributed by atoms with E-state index in [4.69, 9.17) is 0 Å². The van der Waals surface area contributed by atoms with Crippen LogP contribution in [0.5, 0.6) is 0 Å². The number of piperazine rings is 1. The number of carbonyl (C=O) groups excluding carboxylic acids is 1. The fraction of sp³-hybridized carbons (Fsp3) is 0.250. The summed E-state index contributed by atoms with van der Waals surface area (Å²) < 4.78 is 51.2. The van der Waals surface area contributed by atoms with Crippen LogP contribution in [0.4, 0.5) is 23.4 Å². The summed E-state index contributed by atoms with van der Waals surface area (Å²) in [5.74, 6) is -0.160. The largest absolute Gasteiger partial charge is 0.417 e. The number of benzene rings is 1. The van der Waals surface area contributed by atoms with E-state index in [1.165, 1.54) is 24.4 Å². The lowest BCUT2D eigenvalue weighted by Crippen LogP contribution is -2.49. The van der Waals surface area contributed by atoms with Gasteiger partial charge in [0.15, 0.2) is 0 Å². The molecule has 1 aliphatic rings. The van der Waals surface area contributed by atoms with E-state index in [0.717, 1.165) is 12.3 Å². The van der Waals surface area contributed by atoms with Gasteiger partial charge < -0.3 is 9.80 Å². The minimum Gasteiger partial charge on any atom is -0.353 e. The second kappa shape index (κ2) is 7.77. The number of nitrogens with zero attached hydrogens (tertiary/aromatic N) is 4. The van der Waals surface area contributed by atoms with E-state index in [1.54, 1.807) is 17.0 Å². The van der Waals surface area contributed by atoms with Crippen LogP contribution in [-0.4, -0.2) is 52.2 Å². The fourth-order valence-corrected chi connectivity index (χ4v) is 3.33. The van der Waals surface area contributed by atoms with E-state index in [2.05, 4.69) is 15.2 Å². The molecule has 0 bridgehead atoms. The minimum absolute atomic E-state index is 0.219. The number of H-pyrrole nitrogens is 1. The Hall–Kier alpha value is -3.43. The van der Waals surface area contributed by atoms with Gasteiger partial charge in [-0.3, -0.25) is 9.89 Å². The van der Waals surface area contributed by atoms with Crippen LogP contribution in [0.1, 0.15) is 15.9 Å². The standard InChI is InChI=1S/C20H17F4N5O/c21-15-4-1-13(2-5-15)18-16(12-26-27-18)19(30)29-9-7-28(8-10-29)17-6-3-14(11-25-17)20(22,23)24/h1-6,11-12H,7-10H2,(H,26,27). The van der Waals surface area contributed by atoms with Crippen molar-refractivity contribution in [2.75, 3.05) is 31.1 Å². The van der Waals surface area contributed by atoms with Gasteiger partial charge in [-0.25, -0.2) is 9.37 Å². The Kier molecular flexibility index (Phi) is 5.15. The van der Waals surface area contributed by atoms with Gasteiger partial charge in [0.05, 0.1) is 23.0 Å². The van der Waals surface area contributed by atoms with Gasteiger partial charge in [-0.05, 0) is 36.4 Å². The number of hydrogen-bond acceptors (Lipinski definition) is 4. The first-order valence-corrected chi connectivity index (χ1v) is 9.20. The highest BCUT2D eigenvalue weighted by atomic mass is 19.4. The molecule has 1 aliphatic heterocycles. The number of aromatic amines is 1. The summed E-state index contributed by atoms with van der Waals surface area (Å²) in [5, 5.41) is 6.73. The van der Waals surface area contributed by atoms with E-state index < -0.39 is 11.7 Å². The molecule has 0 unspecified atom stereocenters. The van der Waals surface area contributed by atoms with Crippen LogP contribution in [0.25, 0.3) is 11.3 Å². The molecule has 1 amide bonds. The van der Waals surface area contributed by atoms with Gasteiger partial charge in [-0.15, -0.1) is 0 Å². The molecule has 10 heteroatoms. The number of carbonyl (C=O) groups is 1. The number of rotatable bonds is 3. The quantitative estimate of drug-likeness (QED) is 0.659. The fourth-order valence-electron chi connectivity index (χ4n) is 3.33. The first-order chi connectivity index (χ1) is 14.3. The third-order valence-corrected chi connectivity index (χ3v) is 4.97. The SMILES string of the molecule is O=C(c1cn[nH]c1-c1ccc(F)cc1)N1CCN(c2ccc(C(F)(F)F)cn2)CC1. The zero-order valence-electron chi connectivity index (χ0n) is 15.7. The van der Waals surface area contributed by atoms with Crippen LogP contribution in [0.3, 0.4) is 0 Å². The van der Waals surface area contributed by atoms with Crippen LogP contribution in [-0.2, 0) is 6.18 Å². The molecule has 0 saturated carbocycles. The number of alkyl halides is 3. The molecule has 0 atom stereocenters. The highest BCUT2D eigenvalue weighted by Gasteiger charge is 2.31. The third-order valence-electron chi connectivity index (χ3n) is 4.97. The van der Waals surface area contributed by atoms with Crippen molar-refractivity contribution < 1.29 is 22.4 Å². The van der Waals surface area contributed by atoms with Gasteiger partial charge in [0.1, 0.15) is 11.6 Å². The zero-order chi connectivity index (χ0) is 21.3. The maximum absolute atomic E-state index is 13.2. The lowest BCUT2D eigenvalue weighted by molar-refractivity contribution is -0.137. The van der Waals surface area contributed by atoms with Crippen LogP contribution >= 0.6 is 0 Å². The Morgan fingerprint density at radius 1 is 0.967 bits per heavy atom. The van der Waals surface area contributed by atoms with Gasteiger partial charge in [0.25, 0.3) is 5.91 Å². The summed E-state index contributed by atoms with van der Waals surface area (Å²) in [6.45, 7) is 1.65. The van der Waals surface area contributed by atoms with Crippen LogP contribution in [0.15, 0.2) is 48.8 Å². The molecule has 1 saturated heterocycles. The van der Waals surface area contributed by atoms with Gasteiger partial charge in [-0.1, -0.05) is 0 Å². The molecule has 4 rings (SSSR count). The van der Waals surface area contributed by atoms with E-state index >= 15 is 0 Å². The van der Waals surface area contributed by atoms with Crippen molar-refractivity contribution in [2.24, 2.45) is 0 Å². The minimum atomic E-state index is -4.43. The Morgan fingerprint density at radius 2 is 1.67 bits per heavy atom. The molecule has 30 heavy (non-hydrogen) atoms. The molecule has 1 fully saturated rings. The summed E-state index contributed by atoms with van der Waals surface area (Å²) in [6, 6.07) is 8.07. The lowest BCUT2D eigenvalue weighted by atomic mass is 10.1. The summed E-state index contributed by atoms with van der Waals surface area (Å²) in [5.41, 5.74) is 0.729. The Balaban J connectivity index is 1.43. The van der Waals surface area contributed by atoms with Gasteiger partial charge >= 0.3 is 6.18 Å². The number of hydrogen-bond donors (Lipinski definition) is 1. The highest BCUT2D eigenvalue weighted by molar-refractivity contribution is 5.99. The number of halogens is 4. The predicted octanol–water partition coefficient (Wildman–Crippen LogP) is 3.59. The predicted molar refractivity (Wildman–Crippen MR) is 101 cm³/mol. The Labute approximate surface area is 169 Å². The molecule has 6 nitrogen and oxygen atoms in total. The average molecular weight is 419 g/mol. The Bertz CT molecular complexity index is 1020. The van der Waals surface area contributed by atoms with Crippen molar-refractivity contribution >= 4 is 11.7 Å². The summed E-state index contributed by atoms with van der Waals surface area (Å²) in [4.78, 5) is 20.3. The monoisotopic (exact) mass is 419 g/mol. The molecule has 3 aromatic rings. The highest BCUT2D eigenvalue weighted by Crippen LogP contribution is 2.29. The molecule has 1 N–H and O–H groups in total. The van der Waals surface area contributed by atoms with Crippen molar-refractivity contribution in [2.45, 2.75) is 6.18 Å². The maximum Gasteiger partial charge on any atom is 0.417 e. The zero-order valence-corrected chi connectivity index (χ0v) is 15.7. The normalized spacial score (nSPS) is 14.8.